The number of benzene rings is 3. The first-order valence-electron chi connectivity index (χ1n) is 6.27. The molecule has 0 amide bonds. The van der Waals surface area contributed by atoms with Gasteiger partial charge in [0, 0.05) is 6.42 Å². The summed E-state index contributed by atoms with van der Waals surface area (Å²) in [6, 6.07) is 15.6. The van der Waals surface area contributed by atoms with Crippen LogP contribution in [0.5, 0.6) is 0 Å². The van der Waals surface area contributed by atoms with E-state index in [2.05, 4.69) is 0 Å². The van der Waals surface area contributed by atoms with E-state index in [0.717, 1.165) is 33.4 Å². The first-order chi connectivity index (χ1) is 9.35. The second kappa shape index (κ2) is 4.81. The molecule has 0 radical (unpaired) electrons. The summed E-state index contributed by atoms with van der Waals surface area (Å²) in [5.41, 5.74) is 1.63. The maximum Gasteiger partial charge on any atom is 0.124 e. The van der Waals surface area contributed by atoms with Crippen LogP contribution in [0.1, 0.15) is 11.1 Å². The first-order valence-corrected chi connectivity index (χ1v) is 6.27. The van der Waals surface area contributed by atoms with Gasteiger partial charge in [-0.2, -0.15) is 0 Å². The Morgan fingerprint density at radius 2 is 1.53 bits per heavy atom. The molecule has 0 aromatic heterocycles. The van der Waals surface area contributed by atoms with Gasteiger partial charge in [0.25, 0.3) is 0 Å². The fourth-order valence-corrected chi connectivity index (χ4v) is 2.64. The molecule has 0 atom stereocenters. The molecule has 0 saturated carbocycles. The molecule has 19 heavy (non-hydrogen) atoms. The Balaban J connectivity index is 2.49. The van der Waals surface area contributed by atoms with Gasteiger partial charge in [0.1, 0.15) is 13.0 Å². The van der Waals surface area contributed by atoms with Crippen molar-refractivity contribution in [3.63, 3.8) is 0 Å². The number of carbonyl (C=O) groups is 1. The summed E-state index contributed by atoms with van der Waals surface area (Å²) < 4.78 is 13.1. The Hall–Kier alpha value is -2.22. The molecule has 0 unspecified atom stereocenters. The molecule has 94 valence electrons. The molecular formula is C17H13FO. The topological polar surface area (TPSA) is 17.1 Å². The van der Waals surface area contributed by atoms with E-state index < -0.39 is 6.67 Å². The second-order valence-corrected chi connectivity index (χ2v) is 4.60. The standard InChI is InChI=1S/C17H13FO/c18-11-13-4-3-7-16-15-6-2-1-5-14(15)12(8-9-19)10-17(13)16/h1-7,9-10H,8,11H2. The van der Waals surface area contributed by atoms with Crippen molar-refractivity contribution >= 4 is 27.8 Å². The summed E-state index contributed by atoms with van der Waals surface area (Å²) in [5, 5.41) is 4.09. The van der Waals surface area contributed by atoms with Crippen molar-refractivity contribution in [2.24, 2.45) is 0 Å². The van der Waals surface area contributed by atoms with Crippen LogP contribution in [0.25, 0.3) is 21.5 Å². The summed E-state index contributed by atoms with van der Waals surface area (Å²) >= 11 is 0. The van der Waals surface area contributed by atoms with Gasteiger partial charge >= 0.3 is 0 Å². The lowest BCUT2D eigenvalue weighted by molar-refractivity contribution is -0.107. The smallest absolute Gasteiger partial charge is 0.124 e. The monoisotopic (exact) mass is 252 g/mol. The molecule has 1 nitrogen and oxygen atoms in total. The highest BCUT2D eigenvalue weighted by molar-refractivity contribution is 6.10. The number of alkyl halides is 1. The highest BCUT2D eigenvalue weighted by Crippen LogP contribution is 2.31. The average molecular weight is 252 g/mol. The van der Waals surface area contributed by atoms with Crippen molar-refractivity contribution in [1.29, 1.82) is 0 Å². The molecule has 0 heterocycles. The molecule has 3 rings (SSSR count). The molecule has 2 heteroatoms. The van der Waals surface area contributed by atoms with Gasteiger partial charge in [-0.1, -0.05) is 42.5 Å². The zero-order valence-electron chi connectivity index (χ0n) is 10.4. The summed E-state index contributed by atoms with van der Waals surface area (Å²) in [4.78, 5) is 10.8. The van der Waals surface area contributed by atoms with Crippen LogP contribution in [0.15, 0.2) is 48.5 Å². The summed E-state index contributed by atoms with van der Waals surface area (Å²) in [6.45, 7) is -0.490. The van der Waals surface area contributed by atoms with Gasteiger partial charge in [0.2, 0.25) is 0 Å². The molecule has 0 aliphatic carbocycles. The molecule has 0 aliphatic heterocycles. The quantitative estimate of drug-likeness (QED) is 0.504. The van der Waals surface area contributed by atoms with Gasteiger partial charge < -0.3 is 4.79 Å². The number of hydrogen-bond donors (Lipinski definition) is 0. The fraction of sp³-hybridized carbons (Fsp3) is 0.118. The molecule has 0 bridgehead atoms. The Morgan fingerprint density at radius 1 is 0.842 bits per heavy atom. The Kier molecular flexibility index (Phi) is 3.00. The molecule has 0 aliphatic rings. The minimum absolute atomic E-state index is 0.358. The molecule has 3 aromatic carbocycles. The van der Waals surface area contributed by atoms with Crippen molar-refractivity contribution in [2.75, 3.05) is 0 Å². The van der Waals surface area contributed by atoms with Crippen LogP contribution in [0.3, 0.4) is 0 Å². The molecular weight excluding hydrogens is 239 g/mol. The maximum absolute atomic E-state index is 13.1. The lowest BCUT2D eigenvalue weighted by Gasteiger charge is -2.10. The number of hydrogen-bond acceptors (Lipinski definition) is 1. The number of fused-ring (bicyclic) bond motifs is 3. The maximum atomic E-state index is 13.1. The molecule has 0 fully saturated rings. The third-order valence-electron chi connectivity index (χ3n) is 3.53. The lowest BCUT2D eigenvalue weighted by Crippen LogP contribution is -1.92. The summed E-state index contributed by atoms with van der Waals surface area (Å²) in [5.74, 6) is 0. The van der Waals surface area contributed by atoms with E-state index in [-0.39, 0.29) is 0 Å². The van der Waals surface area contributed by atoms with Gasteiger partial charge in [-0.05, 0) is 38.7 Å². The zero-order chi connectivity index (χ0) is 13.2. The van der Waals surface area contributed by atoms with Crippen molar-refractivity contribution < 1.29 is 9.18 Å². The van der Waals surface area contributed by atoms with Crippen molar-refractivity contribution in [3.8, 4) is 0 Å². The average Bonchev–Trinajstić information content (AvgIpc) is 2.47. The van der Waals surface area contributed by atoms with Gasteiger partial charge in [-0.3, -0.25) is 0 Å². The van der Waals surface area contributed by atoms with Crippen molar-refractivity contribution in [1.82, 2.24) is 0 Å². The van der Waals surface area contributed by atoms with E-state index >= 15 is 0 Å². The van der Waals surface area contributed by atoms with E-state index in [1.165, 1.54) is 0 Å². The fourth-order valence-electron chi connectivity index (χ4n) is 2.64. The van der Waals surface area contributed by atoms with Crippen molar-refractivity contribution in [3.05, 3.63) is 59.7 Å². The Labute approximate surface area is 110 Å². The number of halogens is 1. The van der Waals surface area contributed by atoms with Crippen LogP contribution in [0.2, 0.25) is 0 Å². The van der Waals surface area contributed by atoms with E-state index in [9.17, 15) is 9.18 Å². The normalized spacial score (nSPS) is 11.0. The largest absolute Gasteiger partial charge is 0.303 e. The molecule has 0 spiro atoms. The minimum Gasteiger partial charge on any atom is -0.303 e. The van der Waals surface area contributed by atoms with E-state index in [0.29, 0.717) is 12.0 Å². The first kappa shape index (κ1) is 11.8. The number of aldehydes is 1. The predicted molar refractivity (Wildman–Crippen MR) is 76.0 cm³/mol. The highest BCUT2D eigenvalue weighted by Gasteiger charge is 2.08. The van der Waals surface area contributed by atoms with Crippen LogP contribution in [-0.2, 0) is 17.9 Å². The SMILES string of the molecule is O=CCc1cc2c(CF)cccc2c2ccccc12. The van der Waals surface area contributed by atoms with E-state index in [1.54, 1.807) is 6.07 Å². The minimum atomic E-state index is -0.490. The lowest BCUT2D eigenvalue weighted by atomic mass is 9.94. The summed E-state index contributed by atoms with van der Waals surface area (Å²) in [7, 11) is 0. The second-order valence-electron chi connectivity index (χ2n) is 4.60. The predicted octanol–water partition coefficient (Wildman–Crippen LogP) is 4.20. The Bertz CT molecular complexity index is 762. The van der Waals surface area contributed by atoms with Gasteiger partial charge in [0.05, 0.1) is 0 Å². The van der Waals surface area contributed by atoms with Crippen molar-refractivity contribution in [2.45, 2.75) is 13.1 Å². The van der Waals surface area contributed by atoms with Gasteiger partial charge in [-0.25, -0.2) is 4.39 Å². The van der Waals surface area contributed by atoms with Crippen LogP contribution >= 0.6 is 0 Å². The zero-order valence-corrected chi connectivity index (χ0v) is 10.4. The van der Waals surface area contributed by atoms with E-state index in [1.807, 2.05) is 42.5 Å². The van der Waals surface area contributed by atoms with Gasteiger partial charge in [0.15, 0.2) is 0 Å². The van der Waals surface area contributed by atoms with Gasteiger partial charge in [-0.15, -0.1) is 0 Å². The molecule has 0 N–H and O–H groups in total. The van der Waals surface area contributed by atoms with Crippen LogP contribution in [-0.4, -0.2) is 6.29 Å². The van der Waals surface area contributed by atoms with Crippen LogP contribution < -0.4 is 0 Å². The summed E-state index contributed by atoms with van der Waals surface area (Å²) in [6.07, 6.45) is 1.25. The van der Waals surface area contributed by atoms with Crippen LogP contribution in [0.4, 0.5) is 4.39 Å². The third-order valence-corrected chi connectivity index (χ3v) is 3.53. The third kappa shape index (κ3) is 1.89. The van der Waals surface area contributed by atoms with E-state index in [4.69, 9.17) is 0 Å². The Morgan fingerprint density at radius 3 is 2.26 bits per heavy atom. The number of carbonyl (C=O) groups excluding carboxylic acids is 1. The number of rotatable bonds is 3. The highest BCUT2D eigenvalue weighted by atomic mass is 19.1. The molecule has 0 saturated heterocycles. The molecule has 3 aromatic rings. The van der Waals surface area contributed by atoms with Crippen LogP contribution in [0, 0.1) is 0 Å².